The van der Waals surface area contributed by atoms with E-state index in [-0.39, 0.29) is 11.5 Å². The van der Waals surface area contributed by atoms with Crippen LogP contribution < -0.4 is 14.9 Å². The number of fused-ring (bicyclic) bond motifs is 3. The zero-order valence-electron chi connectivity index (χ0n) is 22.5. The van der Waals surface area contributed by atoms with E-state index < -0.39 is 6.04 Å². The summed E-state index contributed by atoms with van der Waals surface area (Å²) >= 11 is 7.57. The highest BCUT2D eigenvalue weighted by molar-refractivity contribution is 7.07. The molecule has 0 aliphatic carbocycles. The van der Waals surface area contributed by atoms with Gasteiger partial charge in [0.2, 0.25) is 0 Å². The van der Waals surface area contributed by atoms with Gasteiger partial charge in [0.15, 0.2) is 4.80 Å². The van der Waals surface area contributed by atoms with Gasteiger partial charge in [-0.25, -0.2) is 4.99 Å². The fourth-order valence-electron chi connectivity index (χ4n) is 5.57. The maximum absolute atomic E-state index is 14.2. The van der Waals surface area contributed by atoms with Crippen LogP contribution in [0.25, 0.3) is 27.6 Å². The van der Waals surface area contributed by atoms with Gasteiger partial charge in [-0.2, -0.15) is 0 Å². The third-order valence-electron chi connectivity index (χ3n) is 7.58. The lowest BCUT2D eigenvalue weighted by atomic mass is 9.94. The molecule has 0 fully saturated rings. The molecule has 7 heteroatoms. The quantitative estimate of drug-likeness (QED) is 0.243. The molecule has 1 aromatic heterocycles. The molecule has 2 heterocycles. The number of rotatable bonds is 5. The summed E-state index contributed by atoms with van der Waals surface area (Å²) in [6, 6.07) is 25.4. The van der Waals surface area contributed by atoms with E-state index in [2.05, 4.69) is 30.3 Å². The van der Waals surface area contributed by atoms with E-state index in [0.29, 0.717) is 38.7 Å². The number of hydrogen-bond donors (Lipinski definition) is 0. The van der Waals surface area contributed by atoms with Gasteiger partial charge in [-0.15, -0.1) is 0 Å². The fourth-order valence-corrected chi connectivity index (χ4v) is 6.73. The first-order valence-electron chi connectivity index (χ1n) is 13.4. The van der Waals surface area contributed by atoms with Crippen LogP contribution in [0.2, 0.25) is 5.02 Å². The Morgan fingerprint density at radius 1 is 0.975 bits per heavy atom. The Kier molecular flexibility index (Phi) is 6.90. The molecule has 1 atom stereocenters. The predicted octanol–water partition coefficient (Wildman–Crippen LogP) is 6.06. The maximum Gasteiger partial charge on any atom is 0.271 e. The van der Waals surface area contributed by atoms with Crippen molar-refractivity contribution in [3.8, 4) is 0 Å². The Balaban J connectivity index is 1.63. The summed E-state index contributed by atoms with van der Waals surface area (Å²) in [5.41, 5.74) is 2.79. The lowest BCUT2D eigenvalue weighted by molar-refractivity contribution is -0.127. The highest BCUT2D eigenvalue weighted by Crippen LogP contribution is 2.32. The molecule has 0 N–H and O–H groups in total. The molecule has 1 aliphatic rings. The average molecular weight is 566 g/mol. The zero-order valence-corrected chi connectivity index (χ0v) is 24.1. The summed E-state index contributed by atoms with van der Waals surface area (Å²) < 4.78 is 2.25. The van der Waals surface area contributed by atoms with Crippen molar-refractivity contribution in [2.75, 3.05) is 13.1 Å². The molecule has 0 bridgehead atoms. The Labute approximate surface area is 241 Å². The molecule has 40 heavy (non-hydrogen) atoms. The average Bonchev–Trinajstić information content (AvgIpc) is 3.27. The molecule has 5 aromatic rings. The predicted molar refractivity (Wildman–Crippen MR) is 165 cm³/mol. The molecule has 1 amide bonds. The summed E-state index contributed by atoms with van der Waals surface area (Å²) in [7, 11) is 0. The number of nitrogens with zero attached hydrogens (tertiary/aromatic N) is 3. The molecular weight excluding hydrogens is 538 g/mol. The van der Waals surface area contributed by atoms with Crippen molar-refractivity contribution in [1.82, 2.24) is 9.47 Å². The SMILES string of the molecule is CCN(CC)C(=O)C1=C(C)N=c2s/c(=C/c3c4ccccc4cc4ccccc34)c(=O)n2[C@H]1c1ccc(Cl)cc1. The number of likely N-dealkylation sites (N-methyl/N-ethyl adjacent to an activating group) is 1. The van der Waals surface area contributed by atoms with Gasteiger partial charge in [0.25, 0.3) is 11.5 Å². The number of hydrogen-bond acceptors (Lipinski definition) is 4. The molecule has 0 saturated carbocycles. The summed E-state index contributed by atoms with van der Waals surface area (Å²) in [5.74, 6) is -0.111. The molecule has 1 aliphatic heterocycles. The van der Waals surface area contributed by atoms with Crippen molar-refractivity contribution >= 4 is 56.5 Å². The van der Waals surface area contributed by atoms with Gasteiger partial charge in [0.05, 0.1) is 21.8 Å². The highest BCUT2D eigenvalue weighted by Gasteiger charge is 2.34. The lowest BCUT2D eigenvalue weighted by Crippen LogP contribution is -2.43. The van der Waals surface area contributed by atoms with Crippen LogP contribution in [0, 0.1) is 0 Å². The summed E-state index contributed by atoms with van der Waals surface area (Å²) in [6.07, 6.45) is 1.98. The van der Waals surface area contributed by atoms with Crippen LogP contribution in [0.4, 0.5) is 0 Å². The number of thiazole rings is 1. The Morgan fingerprint density at radius 2 is 1.57 bits per heavy atom. The Hall–Kier alpha value is -4.00. The van der Waals surface area contributed by atoms with Crippen LogP contribution in [0.15, 0.2) is 99.9 Å². The second kappa shape index (κ2) is 10.5. The largest absolute Gasteiger partial charge is 0.339 e. The van der Waals surface area contributed by atoms with Crippen LogP contribution in [0.3, 0.4) is 0 Å². The highest BCUT2D eigenvalue weighted by atomic mass is 35.5. The van der Waals surface area contributed by atoms with Gasteiger partial charge in [0, 0.05) is 18.1 Å². The molecule has 0 radical (unpaired) electrons. The van der Waals surface area contributed by atoms with Crippen molar-refractivity contribution in [3.05, 3.63) is 126 Å². The number of amides is 1. The monoisotopic (exact) mass is 565 g/mol. The molecule has 6 rings (SSSR count). The van der Waals surface area contributed by atoms with E-state index >= 15 is 0 Å². The molecule has 0 spiro atoms. The number of aromatic nitrogens is 1. The van der Waals surface area contributed by atoms with Gasteiger partial charge >= 0.3 is 0 Å². The van der Waals surface area contributed by atoms with E-state index in [0.717, 1.165) is 32.7 Å². The van der Waals surface area contributed by atoms with Crippen LogP contribution in [-0.4, -0.2) is 28.5 Å². The van der Waals surface area contributed by atoms with Gasteiger partial charge in [-0.1, -0.05) is 83.6 Å². The molecular formula is C33H28ClN3O2S. The van der Waals surface area contributed by atoms with Crippen LogP contribution in [0.5, 0.6) is 0 Å². The van der Waals surface area contributed by atoms with Crippen molar-refractivity contribution in [2.45, 2.75) is 26.8 Å². The van der Waals surface area contributed by atoms with Crippen molar-refractivity contribution in [3.63, 3.8) is 0 Å². The first-order chi connectivity index (χ1) is 19.4. The van der Waals surface area contributed by atoms with Crippen molar-refractivity contribution < 1.29 is 4.79 Å². The second-order valence-corrected chi connectivity index (χ2v) is 11.3. The van der Waals surface area contributed by atoms with E-state index in [9.17, 15) is 9.59 Å². The molecule has 200 valence electrons. The molecule has 0 unspecified atom stereocenters. The summed E-state index contributed by atoms with van der Waals surface area (Å²) in [5, 5.41) is 4.98. The third kappa shape index (κ3) is 4.37. The maximum atomic E-state index is 14.2. The normalized spacial score (nSPS) is 15.4. The fraction of sp³-hybridized carbons (Fsp3) is 0.182. The van der Waals surface area contributed by atoms with E-state index in [4.69, 9.17) is 16.6 Å². The van der Waals surface area contributed by atoms with Gasteiger partial charge in [-0.3, -0.25) is 14.2 Å². The van der Waals surface area contributed by atoms with Crippen molar-refractivity contribution in [2.24, 2.45) is 4.99 Å². The van der Waals surface area contributed by atoms with Gasteiger partial charge in [0.1, 0.15) is 0 Å². The topological polar surface area (TPSA) is 54.7 Å². The Bertz CT molecular complexity index is 1950. The van der Waals surface area contributed by atoms with Crippen LogP contribution >= 0.6 is 22.9 Å². The molecule has 4 aromatic carbocycles. The number of halogens is 1. The number of allylic oxidation sites excluding steroid dienone is 1. The summed E-state index contributed by atoms with van der Waals surface area (Å²) in [6.45, 7) is 6.90. The molecule has 5 nitrogen and oxygen atoms in total. The van der Waals surface area contributed by atoms with Crippen LogP contribution in [-0.2, 0) is 4.79 Å². The minimum absolute atomic E-state index is 0.111. The standard InChI is InChI=1S/C33H28ClN3O2S/c1-4-36(5-2)32(39)29-20(3)35-33-37(30(29)21-14-16-24(34)17-15-21)31(38)28(40-33)19-27-25-12-8-6-10-22(25)18-23-11-7-9-13-26(23)27/h6-19,30H,4-5H2,1-3H3/b28-19+/t30-/m0/s1. The van der Waals surface area contributed by atoms with Gasteiger partial charge < -0.3 is 4.90 Å². The van der Waals surface area contributed by atoms with E-state index in [1.807, 2.05) is 63.2 Å². The third-order valence-corrected chi connectivity index (χ3v) is 8.81. The zero-order chi connectivity index (χ0) is 28.0. The lowest BCUT2D eigenvalue weighted by Gasteiger charge is -2.29. The smallest absolute Gasteiger partial charge is 0.271 e. The first kappa shape index (κ1) is 26.2. The minimum Gasteiger partial charge on any atom is -0.339 e. The van der Waals surface area contributed by atoms with E-state index in [1.165, 1.54) is 11.3 Å². The summed E-state index contributed by atoms with van der Waals surface area (Å²) in [4.78, 5) is 35.2. The number of carbonyl (C=O) groups excluding carboxylic acids is 1. The Morgan fingerprint density at radius 3 is 2.17 bits per heavy atom. The number of carbonyl (C=O) groups is 1. The van der Waals surface area contributed by atoms with Crippen molar-refractivity contribution in [1.29, 1.82) is 0 Å². The second-order valence-electron chi connectivity index (χ2n) is 9.84. The van der Waals surface area contributed by atoms with Gasteiger partial charge in [-0.05, 0) is 77.7 Å². The number of benzene rings is 4. The van der Waals surface area contributed by atoms with Crippen LogP contribution in [0.1, 0.15) is 37.9 Å². The first-order valence-corrected chi connectivity index (χ1v) is 14.6. The minimum atomic E-state index is -0.604. The van der Waals surface area contributed by atoms with E-state index in [1.54, 1.807) is 21.6 Å². The molecule has 0 saturated heterocycles.